The van der Waals surface area contributed by atoms with E-state index in [1.165, 1.54) is 0 Å². The maximum Gasteiger partial charge on any atom is 0.166 e. The maximum atomic E-state index is 5.69. The highest BCUT2D eigenvalue weighted by Gasteiger charge is 2.13. The summed E-state index contributed by atoms with van der Waals surface area (Å²) in [6, 6.07) is 5.96. The van der Waals surface area contributed by atoms with E-state index in [0.717, 1.165) is 53.8 Å². The average Bonchev–Trinajstić information content (AvgIpc) is 2.91. The van der Waals surface area contributed by atoms with E-state index in [1.807, 2.05) is 25.1 Å². The van der Waals surface area contributed by atoms with Crippen LogP contribution in [0, 0.1) is 0 Å². The second-order valence-electron chi connectivity index (χ2n) is 4.99. The van der Waals surface area contributed by atoms with E-state index >= 15 is 0 Å². The molecule has 114 valence electrons. The van der Waals surface area contributed by atoms with E-state index in [1.54, 1.807) is 11.8 Å². The summed E-state index contributed by atoms with van der Waals surface area (Å²) in [5.74, 6) is 1.89. The molecule has 0 radical (unpaired) electrons. The van der Waals surface area contributed by atoms with Gasteiger partial charge in [-0.1, -0.05) is 11.8 Å². The molecule has 1 aromatic heterocycles. The lowest BCUT2D eigenvalue weighted by Crippen LogP contribution is -2.38. The molecule has 1 atom stereocenters. The number of ether oxygens (including phenoxy) is 2. The third-order valence-electron chi connectivity index (χ3n) is 3.43. The van der Waals surface area contributed by atoms with E-state index in [9.17, 15) is 0 Å². The van der Waals surface area contributed by atoms with Gasteiger partial charge in [0.25, 0.3) is 0 Å². The fourth-order valence-electron chi connectivity index (χ4n) is 2.38. The zero-order chi connectivity index (χ0) is 14.5. The normalized spacial score (nSPS) is 19.0. The molecule has 21 heavy (non-hydrogen) atoms. The molecule has 3 rings (SSSR count). The monoisotopic (exact) mass is 307 g/mol. The van der Waals surface area contributed by atoms with Crippen LogP contribution in [-0.2, 0) is 4.74 Å². The molecule has 0 spiro atoms. The van der Waals surface area contributed by atoms with Gasteiger partial charge in [-0.15, -0.1) is 0 Å². The van der Waals surface area contributed by atoms with Crippen LogP contribution in [0.5, 0.6) is 5.75 Å². The van der Waals surface area contributed by atoms with Crippen molar-refractivity contribution in [3.05, 3.63) is 18.2 Å². The van der Waals surface area contributed by atoms with Gasteiger partial charge >= 0.3 is 0 Å². The molecular formula is C15H21N3O2S. The SMILES string of the molecule is CCOc1ccc2nc(SCCC3CNCCO3)[nH]c2c1. The summed E-state index contributed by atoms with van der Waals surface area (Å²) in [5.41, 5.74) is 2.01. The molecule has 6 heteroatoms. The number of hydrogen-bond acceptors (Lipinski definition) is 5. The number of imidazole rings is 1. The lowest BCUT2D eigenvalue weighted by Gasteiger charge is -2.23. The largest absolute Gasteiger partial charge is 0.494 e. The van der Waals surface area contributed by atoms with Gasteiger partial charge in [-0.3, -0.25) is 0 Å². The fourth-order valence-corrected chi connectivity index (χ4v) is 3.30. The molecule has 2 aromatic rings. The zero-order valence-corrected chi connectivity index (χ0v) is 13.0. The molecule has 1 fully saturated rings. The summed E-state index contributed by atoms with van der Waals surface area (Å²) >= 11 is 1.74. The summed E-state index contributed by atoms with van der Waals surface area (Å²) in [5, 5.41) is 4.31. The van der Waals surface area contributed by atoms with E-state index < -0.39 is 0 Å². The molecule has 1 aromatic carbocycles. The van der Waals surface area contributed by atoms with Crippen LogP contribution in [0.3, 0.4) is 0 Å². The number of benzene rings is 1. The second-order valence-corrected chi connectivity index (χ2v) is 6.07. The Morgan fingerprint density at radius 3 is 3.24 bits per heavy atom. The number of morpholine rings is 1. The molecule has 0 amide bonds. The Kier molecular flexibility index (Phi) is 5.00. The zero-order valence-electron chi connectivity index (χ0n) is 12.2. The van der Waals surface area contributed by atoms with Crippen molar-refractivity contribution in [1.29, 1.82) is 0 Å². The molecular weight excluding hydrogens is 286 g/mol. The van der Waals surface area contributed by atoms with Crippen LogP contribution in [0.1, 0.15) is 13.3 Å². The number of fused-ring (bicyclic) bond motifs is 1. The van der Waals surface area contributed by atoms with Gasteiger partial charge in [0.1, 0.15) is 5.75 Å². The Hall–Kier alpha value is -1.24. The van der Waals surface area contributed by atoms with Crippen molar-refractivity contribution < 1.29 is 9.47 Å². The smallest absolute Gasteiger partial charge is 0.166 e. The minimum atomic E-state index is 0.334. The molecule has 1 aliphatic heterocycles. The van der Waals surface area contributed by atoms with Crippen LogP contribution >= 0.6 is 11.8 Å². The van der Waals surface area contributed by atoms with E-state index in [0.29, 0.717) is 12.7 Å². The highest BCUT2D eigenvalue weighted by atomic mass is 32.2. The van der Waals surface area contributed by atoms with Crippen molar-refractivity contribution in [2.75, 3.05) is 32.1 Å². The number of aromatic amines is 1. The van der Waals surface area contributed by atoms with Crippen LogP contribution < -0.4 is 10.1 Å². The van der Waals surface area contributed by atoms with Crippen LogP contribution in [0.2, 0.25) is 0 Å². The maximum absolute atomic E-state index is 5.69. The lowest BCUT2D eigenvalue weighted by molar-refractivity contribution is 0.0274. The molecule has 0 aliphatic carbocycles. The van der Waals surface area contributed by atoms with Gasteiger partial charge in [0.2, 0.25) is 0 Å². The summed E-state index contributed by atoms with van der Waals surface area (Å²) in [4.78, 5) is 7.94. The summed E-state index contributed by atoms with van der Waals surface area (Å²) in [6.45, 7) is 5.41. The number of hydrogen-bond donors (Lipinski definition) is 2. The predicted octanol–water partition coefficient (Wildman–Crippen LogP) is 2.43. The lowest BCUT2D eigenvalue weighted by atomic mass is 10.2. The first-order valence-electron chi connectivity index (χ1n) is 7.43. The number of nitrogens with one attached hydrogen (secondary N) is 2. The molecule has 5 nitrogen and oxygen atoms in total. The van der Waals surface area contributed by atoms with Crippen molar-refractivity contribution in [2.24, 2.45) is 0 Å². The molecule has 1 saturated heterocycles. The van der Waals surface area contributed by atoms with E-state index in [4.69, 9.17) is 9.47 Å². The first kappa shape index (κ1) is 14.7. The van der Waals surface area contributed by atoms with Gasteiger partial charge in [-0.2, -0.15) is 0 Å². The topological polar surface area (TPSA) is 59.2 Å². The standard InChI is InChI=1S/C15H21N3O2S/c1-2-19-11-3-4-13-14(9-11)18-15(17-13)21-8-5-12-10-16-6-7-20-12/h3-4,9,12,16H,2,5-8,10H2,1H3,(H,17,18). The molecule has 0 bridgehead atoms. The number of aromatic nitrogens is 2. The van der Waals surface area contributed by atoms with E-state index in [-0.39, 0.29) is 0 Å². The number of H-pyrrole nitrogens is 1. The van der Waals surface area contributed by atoms with Crippen LogP contribution in [0.15, 0.2) is 23.4 Å². The first-order chi connectivity index (χ1) is 10.3. The Morgan fingerprint density at radius 2 is 2.43 bits per heavy atom. The van der Waals surface area contributed by atoms with Crippen molar-refractivity contribution in [2.45, 2.75) is 24.6 Å². The molecule has 2 heterocycles. The van der Waals surface area contributed by atoms with E-state index in [2.05, 4.69) is 15.3 Å². The molecule has 0 saturated carbocycles. The average molecular weight is 307 g/mol. The quantitative estimate of drug-likeness (QED) is 0.803. The van der Waals surface area contributed by atoms with Crippen molar-refractivity contribution >= 4 is 22.8 Å². The van der Waals surface area contributed by atoms with Gasteiger partial charge in [-0.25, -0.2) is 4.98 Å². The first-order valence-corrected chi connectivity index (χ1v) is 8.41. The third-order valence-corrected chi connectivity index (χ3v) is 4.33. The predicted molar refractivity (Wildman–Crippen MR) is 85.2 cm³/mol. The summed E-state index contributed by atoms with van der Waals surface area (Å²) in [7, 11) is 0. The van der Waals surface area contributed by atoms with Gasteiger partial charge in [0.15, 0.2) is 5.16 Å². The fraction of sp³-hybridized carbons (Fsp3) is 0.533. The van der Waals surface area contributed by atoms with Crippen LogP contribution in [-0.4, -0.2) is 48.1 Å². The molecule has 2 N–H and O–H groups in total. The minimum Gasteiger partial charge on any atom is -0.494 e. The van der Waals surface area contributed by atoms with Crippen LogP contribution in [0.25, 0.3) is 11.0 Å². The number of rotatable bonds is 6. The minimum absolute atomic E-state index is 0.334. The van der Waals surface area contributed by atoms with Crippen molar-refractivity contribution in [3.63, 3.8) is 0 Å². The van der Waals surface area contributed by atoms with Crippen molar-refractivity contribution in [3.8, 4) is 5.75 Å². The Balaban J connectivity index is 1.56. The Labute approximate surface area is 128 Å². The van der Waals surface area contributed by atoms with Gasteiger partial charge in [0, 0.05) is 24.9 Å². The molecule has 1 unspecified atom stereocenters. The van der Waals surface area contributed by atoms with Crippen molar-refractivity contribution in [1.82, 2.24) is 15.3 Å². The summed E-state index contributed by atoms with van der Waals surface area (Å²) < 4.78 is 11.2. The number of nitrogens with zero attached hydrogens (tertiary/aromatic N) is 1. The highest BCUT2D eigenvalue weighted by Crippen LogP contribution is 2.24. The van der Waals surface area contributed by atoms with Gasteiger partial charge in [0.05, 0.1) is 30.4 Å². The highest BCUT2D eigenvalue weighted by molar-refractivity contribution is 7.99. The third kappa shape index (κ3) is 3.90. The second kappa shape index (κ2) is 7.15. The Bertz CT molecular complexity index is 581. The van der Waals surface area contributed by atoms with Crippen LogP contribution in [0.4, 0.5) is 0 Å². The summed E-state index contributed by atoms with van der Waals surface area (Å²) in [6.07, 6.45) is 1.37. The Morgan fingerprint density at radius 1 is 1.48 bits per heavy atom. The van der Waals surface area contributed by atoms with Gasteiger partial charge < -0.3 is 19.8 Å². The number of thioether (sulfide) groups is 1. The van der Waals surface area contributed by atoms with Gasteiger partial charge in [-0.05, 0) is 25.5 Å². The molecule has 1 aliphatic rings.